The largest absolute Gasteiger partial charge is 0.377 e. The van der Waals surface area contributed by atoms with Gasteiger partial charge in [-0.15, -0.1) is 0 Å². The van der Waals surface area contributed by atoms with E-state index in [-0.39, 0.29) is 11.5 Å². The summed E-state index contributed by atoms with van der Waals surface area (Å²) in [4.78, 5) is 14.2. The average molecular weight is 236 g/mol. The minimum Gasteiger partial charge on any atom is -0.377 e. The fourth-order valence-electron chi connectivity index (χ4n) is 2.75. The maximum absolute atomic E-state index is 12.4. The smallest absolute Gasteiger partial charge is 0.243 e. The molecule has 0 radical (unpaired) electrons. The molecule has 1 saturated heterocycles. The normalized spacial score (nSPS) is 31.5. The van der Waals surface area contributed by atoms with E-state index >= 15 is 0 Å². The predicted octanol–water partition coefficient (Wildman–Crippen LogP) is 1.71. The van der Waals surface area contributed by atoms with Crippen LogP contribution in [0.2, 0.25) is 0 Å². The number of likely N-dealkylation sites (tertiary alicyclic amines) is 1. The molecular formula is C13H20N2O2. The minimum absolute atomic E-state index is 0.0224. The zero-order valence-electron chi connectivity index (χ0n) is 10.7. The summed E-state index contributed by atoms with van der Waals surface area (Å²) < 4.78 is 5.48. The number of hydrogen-bond acceptors (Lipinski definition) is 3. The molecule has 4 nitrogen and oxygen atoms in total. The Balaban J connectivity index is 2.08. The highest BCUT2D eigenvalue weighted by Gasteiger charge is 2.48. The molecule has 17 heavy (non-hydrogen) atoms. The van der Waals surface area contributed by atoms with Crippen molar-refractivity contribution in [3.8, 4) is 6.07 Å². The molecule has 1 aliphatic carbocycles. The molecule has 1 atom stereocenters. The number of nitrogens with zero attached hydrogens (tertiary/aromatic N) is 2. The molecule has 0 aromatic heterocycles. The number of ether oxygens (including phenoxy) is 1. The Hall–Kier alpha value is -1.08. The lowest BCUT2D eigenvalue weighted by molar-refractivity contribution is -0.150. The fourth-order valence-corrected chi connectivity index (χ4v) is 2.75. The number of piperidine rings is 1. The van der Waals surface area contributed by atoms with Crippen LogP contribution < -0.4 is 0 Å². The van der Waals surface area contributed by atoms with Gasteiger partial charge >= 0.3 is 0 Å². The van der Waals surface area contributed by atoms with E-state index in [1.54, 1.807) is 7.11 Å². The Labute approximate surface area is 103 Å². The van der Waals surface area contributed by atoms with Crippen LogP contribution in [0.3, 0.4) is 0 Å². The third-order valence-corrected chi connectivity index (χ3v) is 4.27. The Morgan fingerprint density at radius 2 is 2.06 bits per heavy atom. The lowest BCUT2D eigenvalue weighted by atomic mass is 9.68. The third-order valence-electron chi connectivity index (χ3n) is 4.27. The molecular weight excluding hydrogens is 216 g/mol. The van der Waals surface area contributed by atoms with E-state index < -0.39 is 5.41 Å². The summed E-state index contributed by atoms with van der Waals surface area (Å²) in [6.45, 7) is 3.42. The molecule has 4 heteroatoms. The molecule has 1 unspecified atom stereocenters. The van der Waals surface area contributed by atoms with Crippen LogP contribution in [0.5, 0.6) is 0 Å². The highest BCUT2D eigenvalue weighted by atomic mass is 16.5. The first-order chi connectivity index (χ1) is 8.05. The van der Waals surface area contributed by atoms with Gasteiger partial charge < -0.3 is 9.64 Å². The summed E-state index contributed by atoms with van der Waals surface area (Å²) in [6, 6.07) is 2.23. The van der Waals surface area contributed by atoms with E-state index in [9.17, 15) is 10.1 Å². The standard InChI is InChI=1S/C13H20N2O2/c1-12(17-2)5-4-8-15(10-12)11(16)13(9-14)6-3-7-13/h3-8,10H2,1-2H3. The Kier molecular flexibility index (Phi) is 3.13. The van der Waals surface area contributed by atoms with Crippen LogP contribution in [0, 0.1) is 16.7 Å². The second-order valence-electron chi connectivity index (χ2n) is 5.53. The van der Waals surface area contributed by atoms with Gasteiger partial charge in [0, 0.05) is 20.2 Å². The van der Waals surface area contributed by atoms with Gasteiger partial charge in [-0.25, -0.2) is 0 Å². The van der Waals surface area contributed by atoms with Crippen LogP contribution >= 0.6 is 0 Å². The highest BCUT2D eigenvalue weighted by molar-refractivity contribution is 5.86. The first kappa shape index (κ1) is 12.4. The number of amides is 1. The lowest BCUT2D eigenvalue weighted by Crippen LogP contribution is -2.55. The van der Waals surface area contributed by atoms with Gasteiger partial charge in [0.15, 0.2) is 0 Å². The maximum atomic E-state index is 12.4. The van der Waals surface area contributed by atoms with Crippen LogP contribution in [-0.4, -0.2) is 36.6 Å². The summed E-state index contributed by atoms with van der Waals surface area (Å²) in [5.41, 5.74) is -0.958. The number of nitriles is 1. The summed E-state index contributed by atoms with van der Waals surface area (Å²) in [6.07, 6.45) is 4.38. The zero-order valence-corrected chi connectivity index (χ0v) is 10.7. The van der Waals surface area contributed by atoms with Crippen LogP contribution in [-0.2, 0) is 9.53 Å². The van der Waals surface area contributed by atoms with E-state index in [0.29, 0.717) is 6.54 Å². The van der Waals surface area contributed by atoms with Crippen molar-refractivity contribution in [3.05, 3.63) is 0 Å². The third kappa shape index (κ3) is 2.04. The number of hydrogen-bond donors (Lipinski definition) is 0. The maximum Gasteiger partial charge on any atom is 0.243 e. The van der Waals surface area contributed by atoms with Gasteiger partial charge in [0.25, 0.3) is 0 Å². The molecule has 1 saturated carbocycles. The molecule has 2 aliphatic rings. The monoisotopic (exact) mass is 236 g/mol. The summed E-state index contributed by atoms with van der Waals surface area (Å²) in [7, 11) is 1.69. The average Bonchev–Trinajstić information content (AvgIpc) is 2.28. The van der Waals surface area contributed by atoms with E-state index in [0.717, 1.165) is 38.6 Å². The number of carbonyl (C=O) groups is 1. The summed E-state index contributed by atoms with van der Waals surface area (Å²) >= 11 is 0. The van der Waals surface area contributed by atoms with Gasteiger partial charge in [-0.1, -0.05) is 0 Å². The van der Waals surface area contributed by atoms with Crippen molar-refractivity contribution < 1.29 is 9.53 Å². The van der Waals surface area contributed by atoms with Crippen LogP contribution in [0.4, 0.5) is 0 Å². The Morgan fingerprint density at radius 3 is 2.53 bits per heavy atom. The molecule has 0 bridgehead atoms. The van der Waals surface area contributed by atoms with Crippen LogP contribution in [0.15, 0.2) is 0 Å². The predicted molar refractivity (Wildman–Crippen MR) is 63.1 cm³/mol. The Bertz CT molecular complexity index is 357. The van der Waals surface area contributed by atoms with E-state index in [1.165, 1.54) is 0 Å². The molecule has 2 fully saturated rings. The van der Waals surface area contributed by atoms with E-state index in [2.05, 4.69) is 6.07 Å². The SMILES string of the molecule is COC1(C)CCCN(C(=O)C2(C#N)CCC2)C1. The van der Waals surface area contributed by atoms with Gasteiger partial charge in [-0.2, -0.15) is 5.26 Å². The van der Waals surface area contributed by atoms with Crippen molar-refractivity contribution in [2.45, 2.75) is 44.6 Å². The van der Waals surface area contributed by atoms with Crippen molar-refractivity contribution in [2.24, 2.45) is 5.41 Å². The molecule has 94 valence electrons. The van der Waals surface area contributed by atoms with Gasteiger partial charge in [0.2, 0.25) is 5.91 Å². The van der Waals surface area contributed by atoms with Crippen LogP contribution in [0.25, 0.3) is 0 Å². The van der Waals surface area contributed by atoms with E-state index in [4.69, 9.17) is 4.74 Å². The van der Waals surface area contributed by atoms with Gasteiger partial charge in [0.05, 0.1) is 11.7 Å². The van der Waals surface area contributed by atoms with Crippen molar-refractivity contribution >= 4 is 5.91 Å². The molecule has 0 aromatic carbocycles. The van der Waals surface area contributed by atoms with Crippen molar-refractivity contribution in [3.63, 3.8) is 0 Å². The summed E-state index contributed by atoms with van der Waals surface area (Å²) in [5, 5.41) is 9.20. The highest BCUT2D eigenvalue weighted by Crippen LogP contribution is 2.42. The first-order valence-corrected chi connectivity index (χ1v) is 6.31. The van der Waals surface area contributed by atoms with Crippen molar-refractivity contribution in [1.82, 2.24) is 4.90 Å². The minimum atomic E-state index is -0.716. The molecule has 0 aromatic rings. The van der Waals surface area contributed by atoms with Crippen LogP contribution in [0.1, 0.15) is 39.0 Å². The van der Waals surface area contributed by atoms with Crippen molar-refractivity contribution in [1.29, 1.82) is 5.26 Å². The molecule has 2 rings (SSSR count). The molecule has 1 amide bonds. The second-order valence-corrected chi connectivity index (χ2v) is 5.53. The van der Waals surface area contributed by atoms with Crippen molar-refractivity contribution in [2.75, 3.05) is 20.2 Å². The molecule has 1 heterocycles. The molecule has 0 spiro atoms. The quantitative estimate of drug-likeness (QED) is 0.733. The zero-order chi connectivity index (χ0) is 12.5. The van der Waals surface area contributed by atoms with E-state index in [1.807, 2.05) is 11.8 Å². The Morgan fingerprint density at radius 1 is 1.35 bits per heavy atom. The lowest BCUT2D eigenvalue weighted by Gasteiger charge is -2.44. The number of methoxy groups -OCH3 is 1. The molecule has 0 N–H and O–H groups in total. The van der Waals surface area contributed by atoms with Gasteiger partial charge in [-0.3, -0.25) is 4.79 Å². The van der Waals surface area contributed by atoms with Gasteiger partial charge in [-0.05, 0) is 39.0 Å². The molecule has 1 aliphatic heterocycles. The fraction of sp³-hybridized carbons (Fsp3) is 0.846. The second kappa shape index (κ2) is 4.30. The number of carbonyl (C=O) groups excluding carboxylic acids is 1. The summed E-state index contributed by atoms with van der Waals surface area (Å²) in [5.74, 6) is 0.0224. The number of rotatable bonds is 2. The topological polar surface area (TPSA) is 53.3 Å². The first-order valence-electron chi connectivity index (χ1n) is 6.31. The van der Waals surface area contributed by atoms with Gasteiger partial charge in [0.1, 0.15) is 5.41 Å².